The molecule has 1 heterocycles. The third kappa shape index (κ3) is 3.05. The van der Waals surface area contributed by atoms with E-state index in [4.69, 9.17) is 10.5 Å². The molecule has 0 fully saturated rings. The Bertz CT molecular complexity index is 848. The number of nitrogens with two attached hydrogens (primary N) is 1. The highest BCUT2D eigenvalue weighted by molar-refractivity contribution is 6.02. The SMILES string of the molecule is CCc1ccc2c(nc(C(N)=O)n2C(=O)OC(C)(C)C)c1[N+](=O)[O-]. The van der Waals surface area contributed by atoms with Crippen molar-refractivity contribution in [2.75, 3.05) is 0 Å². The number of nitro groups is 1. The molecule has 0 saturated heterocycles. The Kier molecular flexibility index (Phi) is 4.28. The number of nitro benzene ring substituents is 1. The number of carbonyl (C=O) groups is 2. The average Bonchev–Trinajstić information content (AvgIpc) is 2.83. The number of carbonyl (C=O) groups excluding carboxylic acids is 2. The number of imidazole rings is 1. The predicted molar refractivity (Wildman–Crippen MR) is 85.9 cm³/mol. The van der Waals surface area contributed by atoms with Crippen LogP contribution in [0.3, 0.4) is 0 Å². The minimum Gasteiger partial charge on any atom is -0.443 e. The molecule has 24 heavy (non-hydrogen) atoms. The number of hydrogen-bond donors (Lipinski definition) is 1. The van der Waals surface area contributed by atoms with Crippen LogP contribution in [0.25, 0.3) is 11.0 Å². The Morgan fingerprint density at radius 1 is 1.38 bits per heavy atom. The molecule has 0 unspecified atom stereocenters. The summed E-state index contributed by atoms with van der Waals surface area (Å²) in [6.07, 6.45) is -0.477. The van der Waals surface area contributed by atoms with Crippen LogP contribution < -0.4 is 5.73 Å². The maximum Gasteiger partial charge on any atom is 0.420 e. The molecular weight excluding hydrogens is 316 g/mol. The number of benzene rings is 1. The van der Waals surface area contributed by atoms with Crippen LogP contribution in [0.5, 0.6) is 0 Å². The number of nitrogens with zero attached hydrogens (tertiary/aromatic N) is 3. The van der Waals surface area contributed by atoms with Crippen molar-refractivity contribution >= 4 is 28.7 Å². The van der Waals surface area contributed by atoms with E-state index in [2.05, 4.69) is 4.98 Å². The Morgan fingerprint density at radius 2 is 2.00 bits per heavy atom. The molecule has 0 saturated carbocycles. The van der Waals surface area contributed by atoms with Crippen LogP contribution in [0.2, 0.25) is 0 Å². The van der Waals surface area contributed by atoms with E-state index in [-0.39, 0.29) is 16.7 Å². The van der Waals surface area contributed by atoms with E-state index in [0.717, 1.165) is 4.57 Å². The summed E-state index contributed by atoms with van der Waals surface area (Å²) in [6.45, 7) is 6.73. The second kappa shape index (κ2) is 5.91. The quantitative estimate of drug-likeness (QED) is 0.677. The summed E-state index contributed by atoms with van der Waals surface area (Å²) in [5.74, 6) is -1.39. The highest BCUT2D eigenvalue weighted by Gasteiger charge is 2.30. The van der Waals surface area contributed by atoms with Crippen LogP contribution in [0.4, 0.5) is 10.5 Å². The Morgan fingerprint density at radius 3 is 2.46 bits per heavy atom. The first-order chi connectivity index (χ1) is 11.1. The summed E-state index contributed by atoms with van der Waals surface area (Å²) in [5.41, 5.74) is 4.68. The van der Waals surface area contributed by atoms with Gasteiger partial charge in [-0.05, 0) is 39.3 Å². The molecular formula is C15H18N4O5. The van der Waals surface area contributed by atoms with Crippen molar-refractivity contribution in [1.29, 1.82) is 0 Å². The largest absolute Gasteiger partial charge is 0.443 e. The van der Waals surface area contributed by atoms with Crippen LogP contribution in [0.15, 0.2) is 12.1 Å². The summed E-state index contributed by atoms with van der Waals surface area (Å²) in [4.78, 5) is 38.8. The fraction of sp³-hybridized carbons (Fsp3) is 0.400. The summed E-state index contributed by atoms with van der Waals surface area (Å²) in [6, 6.07) is 3.01. The zero-order chi connectivity index (χ0) is 18.2. The standard InChI is InChI=1S/C15H18N4O5/c1-5-8-6-7-9-10(11(8)19(22)23)17-13(12(16)20)18(9)14(21)24-15(2,3)4/h6-7H,5H2,1-4H3,(H2,16,20). The van der Waals surface area contributed by atoms with Crippen molar-refractivity contribution in [3.05, 3.63) is 33.6 Å². The molecule has 2 rings (SSSR count). The van der Waals surface area contributed by atoms with Crippen LogP contribution in [-0.4, -0.2) is 32.1 Å². The molecule has 128 valence electrons. The smallest absolute Gasteiger partial charge is 0.420 e. The van der Waals surface area contributed by atoms with E-state index in [1.807, 2.05) is 0 Å². The maximum atomic E-state index is 12.4. The fourth-order valence-corrected chi connectivity index (χ4v) is 2.32. The second-order valence-corrected chi connectivity index (χ2v) is 6.17. The zero-order valence-corrected chi connectivity index (χ0v) is 13.8. The summed E-state index contributed by atoms with van der Waals surface area (Å²) < 4.78 is 6.11. The van der Waals surface area contributed by atoms with Crippen molar-refractivity contribution in [3.8, 4) is 0 Å². The van der Waals surface area contributed by atoms with Gasteiger partial charge in [0.05, 0.1) is 10.4 Å². The van der Waals surface area contributed by atoms with E-state index in [0.29, 0.717) is 12.0 Å². The van der Waals surface area contributed by atoms with Gasteiger partial charge in [-0.25, -0.2) is 14.3 Å². The number of ether oxygens (including phenoxy) is 1. The number of amides is 1. The number of hydrogen-bond acceptors (Lipinski definition) is 6. The molecule has 1 amide bonds. The molecule has 9 heteroatoms. The summed E-state index contributed by atoms with van der Waals surface area (Å²) in [7, 11) is 0. The lowest BCUT2D eigenvalue weighted by molar-refractivity contribution is -0.383. The normalized spacial score (nSPS) is 11.5. The Hall–Kier alpha value is -2.97. The van der Waals surface area contributed by atoms with Gasteiger partial charge in [-0.1, -0.05) is 6.92 Å². The highest BCUT2D eigenvalue weighted by atomic mass is 16.6. The number of primary amides is 1. The second-order valence-electron chi connectivity index (χ2n) is 6.17. The van der Waals surface area contributed by atoms with Gasteiger partial charge in [0, 0.05) is 5.56 Å². The molecule has 0 spiro atoms. The first-order valence-electron chi connectivity index (χ1n) is 7.28. The first-order valence-corrected chi connectivity index (χ1v) is 7.28. The zero-order valence-electron chi connectivity index (χ0n) is 13.8. The molecule has 1 aromatic carbocycles. The van der Waals surface area contributed by atoms with Gasteiger partial charge >= 0.3 is 6.09 Å². The van der Waals surface area contributed by atoms with Crippen LogP contribution >= 0.6 is 0 Å². The van der Waals surface area contributed by atoms with Gasteiger partial charge in [0.1, 0.15) is 5.60 Å². The van der Waals surface area contributed by atoms with Gasteiger partial charge in [-0.2, -0.15) is 0 Å². The van der Waals surface area contributed by atoms with E-state index in [1.165, 1.54) is 12.1 Å². The average molecular weight is 334 g/mol. The maximum absolute atomic E-state index is 12.4. The molecule has 0 radical (unpaired) electrons. The van der Waals surface area contributed by atoms with Crippen molar-refractivity contribution in [2.24, 2.45) is 5.73 Å². The number of rotatable bonds is 3. The van der Waals surface area contributed by atoms with Crippen LogP contribution in [0.1, 0.15) is 43.9 Å². The van der Waals surface area contributed by atoms with Crippen molar-refractivity contribution in [1.82, 2.24) is 9.55 Å². The van der Waals surface area contributed by atoms with Crippen LogP contribution in [0, 0.1) is 10.1 Å². The van der Waals surface area contributed by atoms with Gasteiger partial charge in [-0.3, -0.25) is 14.9 Å². The monoisotopic (exact) mass is 334 g/mol. The Balaban J connectivity index is 2.81. The number of aryl methyl sites for hydroxylation is 1. The topological polar surface area (TPSA) is 130 Å². The Labute approximate surface area is 137 Å². The number of aromatic nitrogens is 2. The molecule has 1 aromatic heterocycles. The van der Waals surface area contributed by atoms with Gasteiger partial charge in [0.2, 0.25) is 5.82 Å². The van der Waals surface area contributed by atoms with Gasteiger partial charge in [0.15, 0.2) is 5.52 Å². The first kappa shape index (κ1) is 17.4. The van der Waals surface area contributed by atoms with E-state index in [1.54, 1.807) is 27.7 Å². The minimum atomic E-state index is -0.982. The molecule has 0 aliphatic heterocycles. The molecule has 2 N–H and O–H groups in total. The van der Waals surface area contributed by atoms with E-state index >= 15 is 0 Å². The molecule has 0 aliphatic rings. The molecule has 0 bridgehead atoms. The van der Waals surface area contributed by atoms with Gasteiger partial charge in [-0.15, -0.1) is 0 Å². The van der Waals surface area contributed by atoms with Crippen molar-refractivity contribution in [3.63, 3.8) is 0 Å². The van der Waals surface area contributed by atoms with Crippen LogP contribution in [-0.2, 0) is 11.2 Å². The van der Waals surface area contributed by atoms with E-state index in [9.17, 15) is 19.7 Å². The van der Waals surface area contributed by atoms with Gasteiger partial charge in [0.25, 0.3) is 11.6 Å². The molecule has 9 nitrogen and oxygen atoms in total. The van der Waals surface area contributed by atoms with Crippen molar-refractivity contribution in [2.45, 2.75) is 39.7 Å². The molecule has 0 atom stereocenters. The number of fused-ring (bicyclic) bond motifs is 1. The highest BCUT2D eigenvalue weighted by Crippen LogP contribution is 2.30. The van der Waals surface area contributed by atoms with Gasteiger partial charge < -0.3 is 10.5 Å². The lowest BCUT2D eigenvalue weighted by atomic mass is 10.1. The molecule has 2 aromatic rings. The predicted octanol–water partition coefficient (Wildman–Crippen LogP) is 2.39. The van der Waals surface area contributed by atoms with E-state index < -0.39 is 28.3 Å². The summed E-state index contributed by atoms with van der Waals surface area (Å²) >= 11 is 0. The minimum absolute atomic E-state index is 0.0704. The lowest BCUT2D eigenvalue weighted by Gasteiger charge is -2.20. The lowest BCUT2D eigenvalue weighted by Crippen LogP contribution is -2.30. The third-order valence-electron chi connectivity index (χ3n) is 3.24. The summed E-state index contributed by atoms with van der Waals surface area (Å²) in [5, 5.41) is 11.4. The molecule has 0 aliphatic carbocycles. The fourth-order valence-electron chi connectivity index (χ4n) is 2.32. The van der Waals surface area contributed by atoms with Crippen molar-refractivity contribution < 1.29 is 19.2 Å². The third-order valence-corrected chi connectivity index (χ3v) is 3.24.